The number of hydrogen-bond acceptors (Lipinski definition) is 3. The van der Waals surface area contributed by atoms with E-state index in [1.54, 1.807) is 6.26 Å². The Hall–Kier alpha value is -0.366. The average molecular weight is 441 g/mol. The Bertz CT molecular complexity index is 580. The van der Waals surface area contributed by atoms with E-state index in [0.29, 0.717) is 6.10 Å². The van der Waals surface area contributed by atoms with Gasteiger partial charge in [-0.15, -0.1) is 0 Å². The Labute approximate surface area is 183 Å². The number of unbranched alkanes of at least 4 members (excludes halogenated alkanes) is 2. The Morgan fingerprint density at radius 2 is 1.34 bits per heavy atom. The molecule has 3 nitrogen and oxygen atoms in total. The fourth-order valence-electron chi connectivity index (χ4n) is 2.94. The Kier molecular flexibility index (Phi) is 9.47. The second-order valence-electron chi connectivity index (χ2n) is 11.7. The second-order valence-corrected chi connectivity index (χ2v) is 21.2. The molecule has 0 aliphatic carbocycles. The lowest BCUT2D eigenvalue weighted by Gasteiger charge is -2.39. The lowest BCUT2D eigenvalue weighted by atomic mass is 10.1. The van der Waals surface area contributed by atoms with Crippen molar-refractivity contribution < 1.29 is 13.3 Å². The van der Waals surface area contributed by atoms with Gasteiger partial charge in [-0.1, -0.05) is 60.8 Å². The Balaban J connectivity index is 2.50. The summed E-state index contributed by atoms with van der Waals surface area (Å²) in [4.78, 5) is 0. The van der Waals surface area contributed by atoms with Crippen LogP contribution in [-0.4, -0.2) is 22.7 Å². The Morgan fingerprint density at radius 1 is 0.828 bits per heavy atom. The summed E-state index contributed by atoms with van der Waals surface area (Å²) in [6.07, 6.45) is 7.93. The van der Waals surface area contributed by atoms with Gasteiger partial charge in [0.05, 0.1) is 6.26 Å². The van der Waals surface area contributed by atoms with Crippen LogP contribution in [0.5, 0.6) is 0 Å². The van der Waals surface area contributed by atoms with Gasteiger partial charge in [-0.3, -0.25) is 0 Å². The van der Waals surface area contributed by atoms with E-state index in [0.717, 1.165) is 25.0 Å². The molecule has 0 radical (unpaired) electrons. The maximum absolute atomic E-state index is 6.70. The Morgan fingerprint density at radius 3 is 1.83 bits per heavy atom. The molecule has 0 aliphatic heterocycles. The summed E-state index contributed by atoms with van der Waals surface area (Å²) in [5.74, 6) is 0.976. The highest BCUT2D eigenvalue weighted by molar-refractivity contribution is 6.74. The van der Waals surface area contributed by atoms with Crippen LogP contribution >= 0.6 is 0 Å². The molecule has 0 aromatic carbocycles. The van der Waals surface area contributed by atoms with Crippen molar-refractivity contribution in [3.8, 4) is 0 Å². The molecular formula is C24H48O3Si2. The maximum Gasteiger partial charge on any atom is 0.193 e. The number of hydrogen-bond donors (Lipinski definition) is 0. The molecule has 170 valence electrons. The summed E-state index contributed by atoms with van der Waals surface area (Å²) in [6.45, 7) is 25.4. The second kappa shape index (κ2) is 10.3. The van der Waals surface area contributed by atoms with Gasteiger partial charge in [-0.2, -0.15) is 0 Å². The van der Waals surface area contributed by atoms with Crippen LogP contribution in [0.1, 0.15) is 92.4 Å². The summed E-state index contributed by atoms with van der Waals surface area (Å²) in [5, 5.41) is 0.479. The van der Waals surface area contributed by atoms with Crippen molar-refractivity contribution in [2.75, 3.05) is 0 Å². The summed E-state index contributed by atoms with van der Waals surface area (Å²) in [6, 6.07) is 4.03. The van der Waals surface area contributed by atoms with Crippen LogP contribution in [0.4, 0.5) is 0 Å². The lowest BCUT2D eigenvalue weighted by Crippen LogP contribution is -2.43. The predicted octanol–water partition coefficient (Wildman–Crippen LogP) is 8.70. The molecule has 0 amide bonds. The molecule has 1 aromatic heterocycles. The molecule has 1 aromatic rings. The van der Waals surface area contributed by atoms with Crippen LogP contribution in [0.2, 0.25) is 36.3 Å². The standard InChI is InChI=1S/C24H48O3Si2/c1-20(26-28(8,9)23(2,3)4)16-13-12-14-17-22(21-18-15-19-25-21)27-29(10,11)24(5,6)7/h15,18-20,22H,12-14,16-17H2,1-11H3/t20-,22+/m1/s1. The molecule has 0 N–H and O–H groups in total. The molecule has 0 saturated carbocycles. The molecule has 0 saturated heterocycles. The van der Waals surface area contributed by atoms with Crippen LogP contribution in [-0.2, 0) is 8.85 Å². The average Bonchev–Trinajstić information content (AvgIpc) is 3.04. The SMILES string of the molecule is C[C@H](CCCCC[C@H](O[Si](C)(C)C(C)(C)C)c1ccco1)O[Si](C)(C)C(C)(C)C. The van der Waals surface area contributed by atoms with Crippen molar-refractivity contribution in [1.82, 2.24) is 0 Å². The third kappa shape index (κ3) is 8.35. The summed E-state index contributed by atoms with van der Waals surface area (Å²) >= 11 is 0. The molecular weight excluding hydrogens is 392 g/mol. The minimum absolute atomic E-state index is 0.0757. The number of rotatable bonds is 11. The van der Waals surface area contributed by atoms with Crippen molar-refractivity contribution in [1.29, 1.82) is 0 Å². The minimum atomic E-state index is -1.83. The van der Waals surface area contributed by atoms with Gasteiger partial charge in [0.1, 0.15) is 11.9 Å². The van der Waals surface area contributed by atoms with Gasteiger partial charge in [-0.05, 0) is 68.2 Å². The van der Waals surface area contributed by atoms with Gasteiger partial charge in [-0.25, -0.2) is 0 Å². The molecule has 0 unspecified atom stereocenters. The van der Waals surface area contributed by atoms with E-state index in [9.17, 15) is 0 Å². The van der Waals surface area contributed by atoms with Crippen LogP contribution < -0.4 is 0 Å². The van der Waals surface area contributed by atoms with Gasteiger partial charge >= 0.3 is 0 Å². The van der Waals surface area contributed by atoms with Crippen LogP contribution in [0.25, 0.3) is 0 Å². The lowest BCUT2D eigenvalue weighted by molar-refractivity contribution is 0.143. The topological polar surface area (TPSA) is 31.6 Å². The molecule has 0 bridgehead atoms. The monoisotopic (exact) mass is 440 g/mol. The molecule has 0 spiro atoms. The zero-order chi connectivity index (χ0) is 22.5. The highest BCUT2D eigenvalue weighted by Gasteiger charge is 2.40. The van der Waals surface area contributed by atoms with Gasteiger partial charge in [0.15, 0.2) is 16.6 Å². The molecule has 1 heterocycles. The largest absolute Gasteiger partial charge is 0.467 e. The van der Waals surface area contributed by atoms with E-state index in [1.165, 1.54) is 12.8 Å². The van der Waals surface area contributed by atoms with Crippen molar-refractivity contribution >= 4 is 16.6 Å². The fraction of sp³-hybridized carbons (Fsp3) is 0.833. The van der Waals surface area contributed by atoms with Gasteiger partial charge in [0.25, 0.3) is 0 Å². The van der Waals surface area contributed by atoms with Gasteiger partial charge in [0.2, 0.25) is 0 Å². The first-order valence-electron chi connectivity index (χ1n) is 11.5. The van der Waals surface area contributed by atoms with Crippen LogP contribution in [0.3, 0.4) is 0 Å². The van der Waals surface area contributed by atoms with Gasteiger partial charge in [0, 0.05) is 6.10 Å². The van der Waals surface area contributed by atoms with Crippen molar-refractivity contribution in [3.63, 3.8) is 0 Å². The van der Waals surface area contributed by atoms with E-state index in [-0.39, 0.29) is 16.2 Å². The van der Waals surface area contributed by atoms with E-state index in [2.05, 4.69) is 80.7 Å². The molecule has 29 heavy (non-hydrogen) atoms. The van der Waals surface area contributed by atoms with E-state index < -0.39 is 16.6 Å². The summed E-state index contributed by atoms with van der Waals surface area (Å²) < 4.78 is 18.9. The van der Waals surface area contributed by atoms with E-state index >= 15 is 0 Å². The first-order valence-corrected chi connectivity index (χ1v) is 17.3. The van der Waals surface area contributed by atoms with Gasteiger partial charge < -0.3 is 13.3 Å². The van der Waals surface area contributed by atoms with Crippen molar-refractivity contribution in [2.45, 2.75) is 129 Å². The molecule has 2 atom stereocenters. The highest BCUT2D eigenvalue weighted by atomic mass is 28.4. The van der Waals surface area contributed by atoms with E-state index in [4.69, 9.17) is 13.3 Å². The molecule has 5 heteroatoms. The first-order chi connectivity index (χ1) is 13.1. The van der Waals surface area contributed by atoms with E-state index in [1.807, 2.05) is 6.07 Å². The highest BCUT2D eigenvalue weighted by Crippen LogP contribution is 2.41. The van der Waals surface area contributed by atoms with Crippen LogP contribution in [0, 0.1) is 0 Å². The number of furan rings is 1. The smallest absolute Gasteiger partial charge is 0.193 e. The molecule has 1 rings (SSSR count). The normalized spacial score (nSPS) is 16.1. The quantitative estimate of drug-likeness (QED) is 0.255. The first kappa shape index (κ1) is 26.7. The third-order valence-corrected chi connectivity index (χ3v) is 16.1. The minimum Gasteiger partial charge on any atom is -0.467 e. The zero-order valence-corrected chi connectivity index (χ0v) is 23.1. The van der Waals surface area contributed by atoms with Crippen LogP contribution in [0.15, 0.2) is 22.8 Å². The third-order valence-electron chi connectivity index (χ3n) is 6.98. The zero-order valence-electron chi connectivity index (χ0n) is 21.1. The maximum atomic E-state index is 6.70. The summed E-state index contributed by atoms with van der Waals surface area (Å²) in [5.41, 5.74) is 0. The summed E-state index contributed by atoms with van der Waals surface area (Å²) in [7, 11) is -3.49. The predicted molar refractivity (Wildman–Crippen MR) is 131 cm³/mol. The fourth-order valence-corrected chi connectivity index (χ4v) is 5.72. The van der Waals surface area contributed by atoms with Crippen molar-refractivity contribution in [2.24, 2.45) is 0 Å². The molecule has 0 fully saturated rings. The van der Waals surface area contributed by atoms with Crippen molar-refractivity contribution in [3.05, 3.63) is 24.2 Å². The molecule has 0 aliphatic rings.